The van der Waals surface area contributed by atoms with E-state index in [1.807, 2.05) is 47.2 Å². The molecule has 1 aromatic heterocycles. The Labute approximate surface area is 173 Å². The fraction of sp³-hybridized carbons (Fsp3) is 0.333. The Hall–Kier alpha value is -2.92. The standard InChI is InChI=1S/C24H30N4O/c1-18(2)22(20-11-7-4-8-12-20)14-26-24(29)23(25)13-21-16-28(17-27-21)15-19-9-5-3-6-10-19/h3-12,16-18,22-23H,13-15,25H2,1-2H3,(H,26,29)/t22?,23-/m0/s1. The number of imidazole rings is 1. The van der Waals surface area contributed by atoms with Crippen LogP contribution < -0.4 is 11.1 Å². The second-order valence-electron chi connectivity index (χ2n) is 7.84. The number of carbonyl (C=O) groups excluding carboxylic acids is 1. The van der Waals surface area contributed by atoms with Crippen LogP contribution >= 0.6 is 0 Å². The van der Waals surface area contributed by atoms with Gasteiger partial charge in [0.15, 0.2) is 0 Å². The number of nitrogens with zero attached hydrogens (tertiary/aromatic N) is 2. The molecule has 0 bridgehead atoms. The van der Waals surface area contributed by atoms with Crippen molar-refractivity contribution in [1.82, 2.24) is 14.9 Å². The Morgan fingerprint density at radius 2 is 1.72 bits per heavy atom. The number of benzene rings is 2. The summed E-state index contributed by atoms with van der Waals surface area (Å²) in [6, 6.07) is 19.9. The van der Waals surface area contributed by atoms with E-state index in [1.54, 1.807) is 6.33 Å². The van der Waals surface area contributed by atoms with Gasteiger partial charge in [-0.05, 0) is 17.0 Å². The predicted octanol–water partition coefficient (Wildman–Crippen LogP) is 3.36. The van der Waals surface area contributed by atoms with Crippen LogP contribution in [0.5, 0.6) is 0 Å². The van der Waals surface area contributed by atoms with Crippen LogP contribution in [0.25, 0.3) is 0 Å². The van der Waals surface area contributed by atoms with E-state index in [1.165, 1.54) is 11.1 Å². The minimum Gasteiger partial charge on any atom is -0.354 e. The molecule has 5 nitrogen and oxygen atoms in total. The molecule has 1 heterocycles. The molecule has 0 fully saturated rings. The van der Waals surface area contributed by atoms with E-state index in [9.17, 15) is 4.79 Å². The number of nitrogens with two attached hydrogens (primary N) is 1. The van der Waals surface area contributed by atoms with Gasteiger partial charge in [0, 0.05) is 31.6 Å². The molecular weight excluding hydrogens is 360 g/mol. The zero-order chi connectivity index (χ0) is 20.6. The molecule has 2 atom stereocenters. The summed E-state index contributed by atoms with van der Waals surface area (Å²) in [5, 5.41) is 3.03. The third-order valence-electron chi connectivity index (χ3n) is 5.19. The molecule has 5 heteroatoms. The van der Waals surface area contributed by atoms with Gasteiger partial charge in [0.25, 0.3) is 0 Å². The lowest BCUT2D eigenvalue weighted by Gasteiger charge is -2.22. The van der Waals surface area contributed by atoms with Crippen LogP contribution in [-0.2, 0) is 17.8 Å². The van der Waals surface area contributed by atoms with Crippen molar-refractivity contribution in [3.63, 3.8) is 0 Å². The molecule has 3 N–H and O–H groups in total. The van der Waals surface area contributed by atoms with E-state index in [0.717, 1.165) is 12.2 Å². The van der Waals surface area contributed by atoms with Crippen LogP contribution in [0.15, 0.2) is 73.2 Å². The Morgan fingerprint density at radius 1 is 1.07 bits per heavy atom. The highest BCUT2D eigenvalue weighted by Crippen LogP contribution is 2.23. The molecule has 2 aromatic carbocycles. The summed E-state index contributed by atoms with van der Waals surface area (Å²) in [4.78, 5) is 16.9. The molecule has 0 aliphatic carbocycles. The molecule has 0 radical (unpaired) electrons. The van der Waals surface area contributed by atoms with Crippen molar-refractivity contribution in [2.24, 2.45) is 11.7 Å². The normalized spacial score (nSPS) is 13.2. The first kappa shape index (κ1) is 20.8. The number of aromatic nitrogens is 2. The molecule has 0 spiro atoms. The van der Waals surface area contributed by atoms with Gasteiger partial charge in [-0.3, -0.25) is 4.79 Å². The molecule has 152 valence electrons. The number of carbonyl (C=O) groups is 1. The molecule has 3 aromatic rings. The monoisotopic (exact) mass is 390 g/mol. The van der Waals surface area contributed by atoms with Gasteiger partial charge in [-0.2, -0.15) is 0 Å². The first-order chi connectivity index (χ1) is 14.0. The summed E-state index contributed by atoms with van der Waals surface area (Å²) in [6.07, 6.45) is 4.17. The van der Waals surface area contributed by atoms with Crippen molar-refractivity contribution < 1.29 is 4.79 Å². The predicted molar refractivity (Wildman–Crippen MR) is 116 cm³/mol. The first-order valence-corrected chi connectivity index (χ1v) is 10.2. The third-order valence-corrected chi connectivity index (χ3v) is 5.19. The van der Waals surface area contributed by atoms with Crippen LogP contribution in [0.3, 0.4) is 0 Å². The fourth-order valence-corrected chi connectivity index (χ4v) is 3.49. The van der Waals surface area contributed by atoms with Gasteiger partial charge in [-0.15, -0.1) is 0 Å². The van der Waals surface area contributed by atoms with Gasteiger partial charge in [0.1, 0.15) is 0 Å². The lowest BCUT2D eigenvalue weighted by atomic mass is 9.88. The van der Waals surface area contributed by atoms with Gasteiger partial charge in [-0.1, -0.05) is 74.5 Å². The molecule has 0 aliphatic rings. The summed E-state index contributed by atoms with van der Waals surface area (Å²) in [7, 11) is 0. The molecule has 0 aliphatic heterocycles. The molecule has 0 saturated carbocycles. The van der Waals surface area contributed by atoms with Gasteiger partial charge >= 0.3 is 0 Å². The Morgan fingerprint density at radius 3 is 2.38 bits per heavy atom. The minimum absolute atomic E-state index is 0.135. The van der Waals surface area contributed by atoms with Crippen molar-refractivity contribution >= 4 is 5.91 Å². The van der Waals surface area contributed by atoms with Crippen molar-refractivity contribution in [2.75, 3.05) is 6.54 Å². The van der Waals surface area contributed by atoms with Crippen LogP contribution in [0.1, 0.15) is 36.6 Å². The number of rotatable bonds is 9. The molecule has 1 amide bonds. The summed E-state index contributed by atoms with van der Waals surface area (Å²) in [5.41, 5.74) is 9.42. The van der Waals surface area contributed by atoms with Gasteiger partial charge in [0.05, 0.1) is 18.1 Å². The summed E-state index contributed by atoms with van der Waals surface area (Å²) in [5.74, 6) is 0.546. The molecule has 0 saturated heterocycles. The van der Waals surface area contributed by atoms with Gasteiger partial charge in [-0.25, -0.2) is 4.98 Å². The lowest BCUT2D eigenvalue weighted by Crippen LogP contribution is -2.43. The van der Waals surface area contributed by atoms with E-state index in [0.29, 0.717) is 18.9 Å². The first-order valence-electron chi connectivity index (χ1n) is 10.2. The lowest BCUT2D eigenvalue weighted by molar-refractivity contribution is -0.122. The van der Waals surface area contributed by atoms with E-state index in [-0.39, 0.29) is 11.8 Å². The summed E-state index contributed by atoms with van der Waals surface area (Å²) < 4.78 is 2.01. The topological polar surface area (TPSA) is 72.9 Å². The van der Waals surface area contributed by atoms with E-state index in [2.05, 4.69) is 48.4 Å². The minimum atomic E-state index is -0.612. The number of hydrogen-bond donors (Lipinski definition) is 2. The van der Waals surface area contributed by atoms with E-state index >= 15 is 0 Å². The highest BCUT2D eigenvalue weighted by Gasteiger charge is 2.20. The van der Waals surface area contributed by atoms with Crippen molar-refractivity contribution in [1.29, 1.82) is 0 Å². The van der Waals surface area contributed by atoms with Crippen LogP contribution in [0.4, 0.5) is 0 Å². The fourth-order valence-electron chi connectivity index (χ4n) is 3.49. The maximum absolute atomic E-state index is 12.5. The molecule has 1 unspecified atom stereocenters. The van der Waals surface area contributed by atoms with Crippen molar-refractivity contribution in [3.05, 3.63) is 90.0 Å². The van der Waals surface area contributed by atoms with Crippen molar-refractivity contribution in [2.45, 2.75) is 38.8 Å². The second-order valence-corrected chi connectivity index (χ2v) is 7.84. The Balaban J connectivity index is 1.52. The SMILES string of the molecule is CC(C)C(CNC(=O)[C@@H](N)Cc1cn(Cc2ccccc2)cn1)c1ccccc1. The third kappa shape index (κ3) is 6.03. The van der Waals surface area contributed by atoms with E-state index in [4.69, 9.17) is 5.73 Å². The molecule has 29 heavy (non-hydrogen) atoms. The number of nitrogens with one attached hydrogen (secondary N) is 1. The number of hydrogen-bond acceptors (Lipinski definition) is 3. The summed E-state index contributed by atoms with van der Waals surface area (Å²) in [6.45, 7) is 5.67. The average Bonchev–Trinajstić information content (AvgIpc) is 3.16. The zero-order valence-corrected chi connectivity index (χ0v) is 17.2. The maximum atomic E-state index is 12.5. The van der Waals surface area contributed by atoms with Gasteiger partial charge in [0.2, 0.25) is 5.91 Å². The van der Waals surface area contributed by atoms with Crippen molar-refractivity contribution in [3.8, 4) is 0 Å². The van der Waals surface area contributed by atoms with Crippen LogP contribution in [0, 0.1) is 5.92 Å². The largest absolute Gasteiger partial charge is 0.354 e. The highest BCUT2D eigenvalue weighted by atomic mass is 16.2. The van der Waals surface area contributed by atoms with E-state index < -0.39 is 6.04 Å². The average molecular weight is 391 g/mol. The smallest absolute Gasteiger partial charge is 0.237 e. The quantitative estimate of drug-likeness (QED) is 0.588. The van der Waals surface area contributed by atoms with Gasteiger partial charge < -0.3 is 15.6 Å². The highest BCUT2D eigenvalue weighted by molar-refractivity contribution is 5.81. The zero-order valence-electron chi connectivity index (χ0n) is 17.2. The second kappa shape index (κ2) is 10.0. The Kier molecular flexibility index (Phi) is 7.19. The maximum Gasteiger partial charge on any atom is 0.237 e. The molecule has 3 rings (SSSR count). The molecular formula is C24H30N4O. The Bertz CT molecular complexity index is 890. The van der Waals surface area contributed by atoms with Crippen LogP contribution in [-0.4, -0.2) is 28.0 Å². The number of amides is 1. The summed E-state index contributed by atoms with van der Waals surface area (Å²) >= 11 is 0. The van der Waals surface area contributed by atoms with Crippen LogP contribution in [0.2, 0.25) is 0 Å².